The van der Waals surface area contributed by atoms with Gasteiger partial charge in [0.2, 0.25) is 0 Å². The van der Waals surface area contributed by atoms with Crippen LogP contribution in [-0.4, -0.2) is 20.2 Å². The van der Waals surface area contributed by atoms with E-state index >= 15 is 0 Å². The third-order valence-electron chi connectivity index (χ3n) is 4.30. The number of para-hydroxylation sites is 1. The monoisotopic (exact) mass is 454 g/mol. The Bertz CT molecular complexity index is 1240. The first-order valence-electron chi connectivity index (χ1n) is 9.22. The fourth-order valence-electron chi connectivity index (χ4n) is 2.69. The van der Waals surface area contributed by atoms with Crippen LogP contribution in [0.5, 0.6) is 0 Å². The van der Waals surface area contributed by atoms with Crippen molar-refractivity contribution in [3.63, 3.8) is 0 Å². The Hall–Kier alpha value is -3.42. The van der Waals surface area contributed by atoms with Gasteiger partial charge in [-0.3, -0.25) is 4.79 Å². The molecule has 0 radical (unpaired) electrons. The summed E-state index contributed by atoms with van der Waals surface area (Å²) in [6, 6.07) is 18.4. The first kappa shape index (κ1) is 22.3. The number of aryl methyl sites for hydroxylation is 1. The lowest BCUT2D eigenvalue weighted by Crippen LogP contribution is -2.34. The van der Waals surface area contributed by atoms with Gasteiger partial charge in [0.1, 0.15) is 0 Å². The van der Waals surface area contributed by atoms with Gasteiger partial charge in [-0.25, -0.2) is 17.9 Å². The van der Waals surface area contributed by atoms with Gasteiger partial charge in [-0.2, -0.15) is 0 Å². The number of urea groups is 1. The summed E-state index contributed by atoms with van der Waals surface area (Å²) < 4.78 is 26.7. The molecule has 2 N–H and O–H groups in total. The molecule has 0 atom stereocenters. The van der Waals surface area contributed by atoms with Crippen molar-refractivity contribution >= 4 is 45.2 Å². The highest BCUT2D eigenvalue weighted by Crippen LogP contribution is 2.18. The van der Waals surface area contributed by atoms with Gasteiger partial charge in [-0.15, -0.1) is 0 Å². The molecule has 0 aliphatic rings. The van der Waals surface area contributed by atoms with E-state index in [1.54, 1.807) is 60.7 Å². The molecule has 31 heavy (non-hydrogen) atoms. The lowest BCUT2D eigenvalue weighted by atomic mass is 10.1. The largest absolute Gasteiger partial charge is 0.333 e. The van der Waals surface area contributed by atoms with Gasteiger partial charge in [0.25, 0.3) is 10.0 Å². The second kappa shape index (κ2) is 9.59. The first-order valence-corrected chi connectivity index (χ1v) is 11.1. The molecule has 0 unspecified atom stereocenters. The highest BCUT2D eigenvalue weighted by molar-refractivity contribution is 7.90. The van der Waals surface area contributed by atoms with Crippen molar-refractivity contribution in [3.05, 3.63) is 101 Å². The number of amides is 2. The maximum Gasteiger partial charge on any atom is 0.333 e. The molecule has 0 bridgehead atoms. The fourth-order valence-corrected chi connectivity index (χ4v) is 3.72. The Morgan fingerprint density at radius 2 is 1.55 bits per heavy atom. The molecule has 8 heteroatoms. The van der Waals surface area contributed by atoms with Crippen molar-refractivity contribution in [1.82, 2.24) is 4.72 Å². The molecule has 0 saturated carbocycles. The number of carbonyl (C=O) groups is 2. The van der Waals surface area contributed by atoms with Crippen LogP contribution in [0.25, 0.3) is 6.08 Å². The molecule has 0 saturated heterocycles. The maximum atomic E-state index is 12.6. The number of hydrogen-bond acceptors (Lipinski definition) is 4. The van der Waals surface area contributed by atoms with Crippen LogP contribution in [0.2, 0.25) is 5.02 Å². The van der Waals surface area contributed by atoms with Crippen molar-refractivity contribution in [3.8, 4) is 0 Å². The van der Waals surface area contributed by atoms with Gasteiger partial charge in [-0.05, 0) is 55.0 Å². The first-order chi connectivity index (χ1) is 14.7. The van der Waals surface area contributed by atoms with E-state index in [0.717, 1.165) is 11.1 Å². The molecule has 158 valence electrons. The molecule has 3 aromatic rings. The summed E-state index contributed by atoms with van der Waals surface area (Å²) in [5.41, 5.74) is 2.08. The third kappa shape index (κ3) is 6.04. The predicted molar refractivity (Wildman–Crippen MR) is 122 cm³/mol. The Kier molecular flexibility index (Phi) is 6.89. The number of rotatable bonds is 6. The van der Waals surface area contributed by atoms with Gasteiger partial charge in [0.05, 0.1) is 10.6 Å². The average molecular weight is 455 g/mol. The van der Waals surface area contributed by atoms with Crippen molar-refractivity contribution in [2.24, 2.45) is 0 Å². The van der Waals surface area contributed by atoms with E-state index in [9.17, 15) is 18.0 Å². The zero-order valence-corrected chi connectivity index (χ0v) is 18.1. The zero-order valence-electron chi connectivity index (χ0n) is 16.5. The summed E-state index contributed by atoms with van der Waals surface area (Å²) in [5.74, 6) is -0.354. The highest BCUT2D eigenvalue weighted by atomic mass is 35.5. The van der Waals surface area contributed by atoms with Crippen LogP contribution in [0.15, 0.2) is 83.8 Å². The number of benzene rings is 3. The number of halogens is 1. The summed E-state index contributed by atoms with van der Waals surface area (Å²) in [5, 5.41) is 3.02. The number of ketones is 1. The van der Waals surface area contributed by atoms with Gasteiger partial charge >= 0.3 is 6.03 Å². The molecule has 3 rings (SSSR count). The van der Waals surface area contributed by atoms with Crippen LogP contribution in [0.4, 0.5) is 10.5 Å². The molecule has 0 aliphatic carbocycles. The number of nitrogens with one attached hydrogen (secondary N) is 2. The normalized spacial score (nSPS) is 11.3. The number of anilines is 1. The Labute approximate surface area is 185 Å². The minimum Gasteiger partial charge on any atom is -0.306 e. The standard InChI is InChI=1S/C23H19ClN2O4S/c1-16-6-13-19(14-7-16)31(29,30)26-23(28)25-21-5-3-2-4-20(21)22(27)15-10-17-8-11-18(24)12-9-17/h2-15H,1H3,(H2,25,26,28)/b15-10+. The van der Waals surface area contributed by atoms with Crippen molar-refractivity contribution < 1.29 is 18.0 Å². The van der Waals surface area contributed by atoms with Crippen LogP contribution in [-0.2, 0) is 10.0 Å². The Balaban J connectivity index is 1.73. The molecule has 2 amide bonds. The number of hydrogen-bond donors (Lipinski definition) is 2. The second-order valence-corrected chi connectivity index (χ2v) is 8.79. The number of carbonyl (C=O) groups excluding carboxylic acids is 2. The van der Waals surface area contributed by atoms with Crippen LogP contribution in [0, 0.1) is 6.92 Å². The van der Waals surface area contributed by atoms with Gasteiger partial charge in [-0.1, -0.05) is 59.6 Å². The lowest BCUT2D eigenvalue weighted by molar-refractivity contribution is 0.104. The lowest BCUT2D eigenvalue weighted by Gasteiger charge is -2.11. The molecule has 0 aliphatic heterocycles. The molecule has 0 aromatic heterocycles. The van der Waals surface area contributed by atoms with E-state index in [-0.39, 0.29) is 21.9 Å². The van der Waals surface area contributed by atoms with Crippen LogP contribution >= 0.6 is 11.6 Å². The van der Waals surface area contributed by atoms with E-state index < -0.39 is 16.1 Å². The highest BCUT2D eigenvalue weighted by Gasteiger charge is 2.19. The molecule has 0 heterocycles. The van der Waals surface area contributed by atoms with Crippen LogP contribution in [0.3, 0.4) is 0 Å². The summed E-state index contributed by atoms with van der Waals surface area (Å²) in [6.07, 6.45) is 2.99. The number of allylic oxidation sites excluding steroid dienone is 1. The number of sulfonamides is 1. The third-order valence-corrected chi connectivity index (χ3v) is 5.90. The summed E-state index contributed by atoms with van der Waals surface area (Å²) in [6.45, 7) is 1.83. The molecule has 3 aromatic carbocycles. The molecule has 6 nitrogen and oxygen atoms in total. The minimum absolute atomic E-state index is 0.0384. The molecule has 0 spiro atoms. The molecular weight excluding hydrogens is 436 g/mol. The fraction of sp³-hybridized carbons (Fsp3) is 0.0435. The van der Waals surface area contributed by atoms with E-state index in [4.69, 9.17) is 11.6 Å². The van der Waals surface area contributed by atoms with Crippen molar-refractivity contribution in [2.75, 3.05) is 5.32 Å². The zero-order chi connectivity index (χ0) is 22.4. The van der Waals surface area contributed by atoms with Gasteiger partial charge in [0.15, 0.2) is 5.78 Å². The SMILES string of the molecule is Cc1ccc(S(=O)(=O)NC(=O)Nc2ccccc2C(=O)/C=C/c2ccc(Cl)cc2)cc1. The average Bonchev–Trinajstić information content (AvgIpc) is 2.73. The van der Waals surface area contributed by atoms with Crippen molar-refractivity contribution in [2.45, 2.75) is 11.8 Å². The Morgan fingerprint density at radius 1 is 0.903 bits per heavy atom. The van der Waals surface area contributed by atoms with Crippen molar-refractivity contribution in [1.29, 1.82) is 0 Å². The second-order valence-electron chi connectivity index (χ2n) is 6.67. The Morgan fingerprint density at radius 3 is 2.23 bits per heavy atom. The minimum atomic E-state index is -4.05. The summed E-state index contributed by atoms with van der Waals surface area (Å²) in [7, 11) is -4.05. The van der Waals surface area contributed by atoms with E-state index in [1.165, 1.54) is 24.3 Å². The van der Waals surface area contributed by atoms with E-state index in [0.29, 0.717) is 5.02 Å². The smallest absolute Gasteiger partial charge is 0.306 e. The maximum absolute atomic E-state index is 12.6. The predicted octanol–water partition coefficient (Wildman–Crippen LogP) is 5.05. The molecular formula is C23H19ClN2O4S. The quantitative estimate of drug-likeness (QED) is 0.402. The van der Waals surface area contributed by atoms with Gasteiger partial charge < -0.3 is 5.32 Å². The topological polar surface area (TPSA) is 92.3 Å². The van der Waals surface area contributed by atoms with E-state index in [2.05, 4.69) is 5.32 Å². The van der Waals surface area contributed by atoms with Crippen LogP contribution < -0.4 is 10.0 Å². The molecule has 0 fully saturated rings. The summed E-state index contributed by atoms with van der Waals surface area (Å²) >= 11 is 5.85. The van der Waals surface area contributed by atoms with Gasteiger partial charge in [0, 0.05) is 10.6 Å². The van der Waals surface area contributed by atoms with Crippen LogP contribution in [0.1, 0.15) is 21.5 Å². The summed E-state index contributed by atoms with van der Waals surface area (Å²) in [4.78, 5) is 24.9. The van der Waals surface area contributed by atoms with E-state index in [1.807, 2.05) is 11.6 Å².